The molecule has 0 aliphatic rings. The lowest BCUT2D eigenvalue weighted by atomic mass is 10.2. The average molecular weight is 393 g/mol. The zero-order chi connectivity index (χ0) is 19.5. The number of carbonyl (C=O) groups is 1. The van der Waals surface area contributed by atoms with E-state index >= 15 is 0 Å². The number of aromatic nitrogens is 2. The zero-order valence-corrected chi connectivity index (χ0v) is 15.5. The summed E-state index contributed by atoms with van der Waals surface area (Å²) in [5, 5.41) is 12.7. The van der Waals surface area contributed by atoms with Gasteiger partial charge in [-0.1, -0.05) is 35.9 Å². The predicted octanol–water partition coefficient (Wildman–Crippen LogP) is 4.60. The van der Waals surface area contributed by atoms with Crippen molar-refractivity contribution in [3.05, 3.63) is 88.9 Å². The highest BCUT2D eigenvalue weighted by Gasteiger charge is 2.12. The quantitative estimate of drug-likeness (QED) is 0.342. The van der Waals surface area contributed by atoms with E-state index in [0.717, 1.165) is 22.3 Å². The molecule has 0 atom stereocenters. The van der Waals surface area contributed by atoms with E-state index in [-0.39, 0.29) is 0 Å². The molecule has 4 rings (SSSR count). The van der Waals surface area contributed by atoms with Crippen molar-refractivity contribution in [3.8, 4) is 0 Å². The first kappa shape index (κ1) is 18.0. The molecule has 0 spiro atoms. The molecule has 140 valence electrons. The van der Waals surface area contributed by atoms with Gasteiger partial charge in [-0.3, -0.25) is 10.0 Å². The Labute approximate surface area is 166 Å². The van der Waals surface area contributed by atoms with E-state index in [4.69, 9.17) is 21.8 Å². The number of hydrogen-bond donors (Lipinski definition) is 3. The number of anilines is 2. The Balaban J connectivity index is 1.69. The van der Waals surface area contributed by atoms with Gasteiger partial charge in [0.25, 0.3) is 5.91 Å². The first-order chi connectivity index (χ1) is 13.6. The number of carbonyl (C=O) groups excluding carboxylic acids is 1. The average Bonchev–Trinajstić information content (AvgIpc) is 3.05. The number of amides is 1. The molecule has 0 unspecified atom stereocenters. The van der Waals surface area contributed by atoms with Crippen LogP contribution in [0.25, 0.3) is 11.0 Å². The predicted molar refractivity (Wildman–Crippen MR) is 109 cm³/mol. The van der Waals surface area contributed by atoms with Gasteiger partial charge in [-0.15, -0.1) is 0 Å². The topological polar surface area (TPSA) is 79.2 Å². The molecule has 4 aromatic rings. The molecule has 0 bridgehead atoms. The van der Waals surface area contributed by atoms with E-state index in [1.807, 2.05) is 48.5 Å². The van der Waals surface area contributed by atoms with Crippen LogP contribution >= 0.6 is 11.6 Å². The Morgan fingerprint density at radius 2 is 1.82 bits per heavy atom. The van der Waals surface area contributed by atoms with Gasteiger partial charge in [-0.25, -0.2) is 10.5 Å². The second kappa shape index (κ2) is 7.72. The fourth-order valence-electron chi connectivity index (χ4n) is 3.05. The van der Waals surface area contributed by atoms with E-state index in [1.165, 1.54) is 0 Å². The Hall–Kier alpha value is -3.35. The van der Waals surface area contributed by atoms with E-state index in [1.54, 1.807) is 29.7 Å². The van der Waals surface area contributed by atoms with Gasteiger partial charge < -0.3 is 9.88 Å². The molecular formula is C21H17ClN4O2. The molecule has 0 saturated carbocycles. The molecule has 0 aliphatic heterocycles. The van der Waals surface area contributed by atoms with E-state index in [9.17, 15) is 4.79 Å². The molecule has 3 aromatic carbocycles. The van der Waals surface area contributed by atoms with Crippen molar-refractivity contribution >= 4 is 40.2 Å². The fourth-order valence-corrected chi connectivity index (χ4v) is 3.26. The number of nitrogens with zero attached hydrogens (tertiary/aromatic N) is 2. The van der Waals surface area contributed by atoms with Crippen molar-refractivity contribution in [1.82, 2.24) is 15.0 Å². The van der Waals surface area contributed by atoms with Crippen molar-refractivity contribution in [2.45, 2.75) is 6.54 Å². The summed E-state index contributed by atoms with van der Waals surface area (Å²) in [6.07, 6.45) is 0. The minimum atomic E-state index is -0.556. The minimum Gasteiger partial charge on any atom is -0.326 e. The molecule has 28 heavy (non-hydrogen) atoms. The number of para-hydroxylation sites is 2. The van der Waals surface area contributed by atoms with Crippen LogP contribution in [0.4, 0.5) is 11.6 Å². The summed E-state index contributed by atoms with van der Waals surface area (Å²) < 4.78 is 2.08. The molecule has 0 aliphatic carbocycles. The highest BCUT2D eigenvalue weighted by Crippen LogP contribution is 2.25. The standard InChI is InChI=1S/C21H17ClN4O2/c22-16-5-3-4-14(12-16)13-26-19-7-2-1-6-18(19)24-21(26)23-17-10-8-15(9-11-17)20(27)25-28/h1-12,28H,13H2,(H,23,24)(H,25,27). The zero-order valence-electron chi connectivity index (χ0n) is 14.8. The third-order valence-corrected chi connectivity index (χ3v) is 4.62. The van der Waals surface area contributed by atoms with Crippen LogP contribution in [0.15, 0.2) is 72.8 Å². The van der Waals surface area contributed by atoms with Gasteiger partial charge in [0, 0.05) is 16.3 Å². The molecule has 7 heteroatoms. The summed E-state index contributed by atoms with van der Waals surface area (Å²) in [7, 11) is 0. The smallest absolute Gasteiger partial charge is 0.274 e. The second-order valence-corrected chi connectivity index (χ2v) is 6.72. The lowest BCUT2D eigenvalue weighted by Crippen LogP contribution is -2.18. The monoisotopic (exact) mass is 392 g/mol. The van der Waals surface area contributed by atoms with Crippen LogP contribution < -0.4 is 10.8 Å². The third-order valence-electron chi connectivity index (χ3n) is 4.39. The van der Waals surface area contributed by atoms with E-state index in [0.29, 0.717) is 23.1 Å². The van der Waals surface area contributed by atoms with Gasteiger partial charge in [0.1, 0.15) is 0 Å². The molecule has 0 radical (unpaired) electrons. The first-order valence-corrected chi connectivity index (χ1v) is 9.03. The summed E-state index contributed by atoms with van der Waals surface area (Å²) >= 11 is 6.13. The number of rotatable bonds is 5. The Morgan fingerprint density at radius 1 is 1.04 bits per heavy atom. The SMILES string of the molecule is O=C(NO)c1ccc(Nc2nc3ccccc3n2Cc2cccc(Cl)c2)cc1. The van der Waals surface area contributed by atoms with Gasteiger partial charge in [0.2, 0.25) is 5.95 Å². The summed E-state index contributed by atoms with van der Waals surface area (Å²) in [5.41, 5.74) is 5.70. The molecule has 3 N–H and O–H groups in total. The molecule has 1 amide bonds. The lowest BCUT2D eigenvalue weighted by Gasteiger charge is -2.12. The van der Waals surface area contributed by atoms with E-state index in [2.05, 4.69) is 9.88 Å². The number of fused-ring (bicyclic) bond motifs is 1. The number of benzene rings is 3. The Bertz CT molecular complexity index is 1140. The summed E-state index contributed by atoms with van der Waals surface area (Å²) in [6, 6.07) is 22.4. The number of halogens is 1. The van der Waals surface area contributed by atoms with Crippen molar-refractivity contribution in [2.75, 3.05) is 5.32 Å². The molecule has 1 aromatic heterocycles. The van der Waals surface area contributed by atoms with Crippen molar-refractivity contribution < 1.29 is 10.0 Å². The Morgan fingerprint density at radius 3 is 2.57 bits per heavy atom. The first-order valence-electron chi connectivity index (χ1n) is 8.65. The van der Waals surface area contributed by atoms with Gasteiger partial charge in [-0.2, -0.15) is 0 Å². The van der Waals surface area contributed by atoms with Crippen LogP contribution in [0.5, 0.6) is 0 Å². The highest BCUT2D eigenvalue weighted by molar-refractivity contribution is 6.30. The number of nitrogens with one attached hydrogen (secondary N) is 2. The fraction of sp³-hybridized carbons (Fsp3) is 0.0476. The normalized spacial score (nSPS) is 10.8. The largest absolute Gasteiger partial charge is 0.326 e. The van der Waals surface area contributed by atoms with Crippen LogP contribution in [0.1, 0.15) is 15.9 Å². The van der Waals surface area contributed by atoms with Crippen LogP contribution in [0.3, 0.4) is 0 Å². The minimum absolute atomic E-state index is 0.362. The Kier molecular flexibility index (Phi) is 4.97. The van der Waals surface area contributed by atoms with Crippen molar-refractivity contribution in [2.24, 2.45) is 0 Å². The third kappa shape index (κ3) is 3.69. The van der Waals surface area contributed by atoms with Crippen molar-refractivity contribution in [3.63, 3.8) is 0 Å². The maximum Gasteiger partial charge on any atom is 0.274 e. The van der Waals surface area contributed by atoms with Gasteiger partial charge in [0.15, 0.2) is 0 Å². The molecule has 6 nitrogen and oxygen atoms in total. The summed E-state index contributed by atoms with van der Waals surface area (Å²) in [5.74, 6) is 0.125. The van der Waals surface area contributed by atoms with Gasteiger partial charge in [0.05, 0.1) is 17.6 Å². The van der Waals surface area contributed by atoms with Crippen LogP contribution in [-0.4, -0.2) is 20.7 Å². The number of hydroxylamine groups is 1. The van der Waals surface area contributed by atoms with Gasteiger partial charge >= 0.3 is 0 Å². The second-order valence-electron chi connectivity index (χ2n) is 6.28. The van der Waals surface area contributed by atoms with Crippen LogP contribution in [0, 0.1) is 0 Å². The number of imidazole rings is 1. The molecule has 1 heterocycles. The van der Waals surface area contributed by atoms with Crippen LogP contribution in [0.2, 0.25) is 5.02 Å². The number of hydrogen-bond acceptors (Lipinski definition) is 4. The van der Waals surface area contributed by atoms with Crippen LogP contribution in [-0.2, 0) is 6.54 Å². The maximum absolute atomic E-state index is 11.5. The molecule has 0 fully saturated rings. The van der Waals surface area contributed by atoms with Crippen molar-refractivity contribution in [1.29, 1.82) is 0 Å². The lowest BCUT2D eigenvalue weighted by molar-refractivity contribution is 0.0706. The highest BCUT2D eigenvalue weighted by atomic mass is 35.5. The van der Waals surface area contributed by atoms with Gasteiger partial charge in [-0.05, 0) is 54.1 Å². The van der Waals surface area contributed by atoms with E-state index < -0.39 is 5.91 Å². The molecule has 0 saturated heterocycles. The summed E-state index contributed by atoms with van der Waals surface area (Å²) in [6.45, 7) is 0.606. The summed E-state index contributed by atoms with van der Waals surface area (Å²) in [4.78, 5) is 16.2. The maximum atomic E-state index is 11.5. The molecular weight excluding hydrogens is 376 g/mol.